The highest BCUT2D eigenvalue weighted by molar-refractivity contribution is 6.28. The number of anilines is 2. The lowest BCUT2D eigenvalue weighted by Gasteiger charge is -2.45. The van der Waals surface area contributed by atoms with E-state index in [9.17, 15) is 4.79 Å². The van der Waals surface area contributed by atoms with E-state index < -0.39 is 0 Å². The summed E-state index contributed by atoms with van der Waals surface area (Å²) in [5.41, 5.74) is 0.965. The number of esters is 1. The predicted molar refractivity (Wildman–Crippen MR) is 82.5 cm³/mol. The van der Waals surface area contributed by atoms with Crippen molar-refractivity contribution in [3.63, 3.8) is 0 Å². The molecule has 1 aromatic heterocycles. The van der Waals surface area contributed by atoms with Crippen LogP contribution in [0.25, 0.3) is 0 Å². The van der Waals surface area contributed by atoms with Crippen molar-refractivity contribution in [1.29, 1.82) is 0 Å². The number of nitrogens with zero attached hydrogens (tertiary/aromatic N) is 4. The SMILES string of the molecule is COC(=O)CCCN1C[C@@H]2COCCN2c2nc(Cl)ncc21. The van der Waals surface area contributed by atoms with Crippen molar-refractivity contribution in [2.45, 2.75) is 18.9 Å². The largest absolute Gasteiger partial charge is 0.469 e. The Morgan fingerprint density at radius 1 is 1.59 bits per heavy atom. The Labute approximate surface area is 134 Å². The average Bonchev–Trinajstić information content (AvgIpc) is 2.54. The average molecular weight is 327 g/mol. The lowest BCUT2D eigenvalue weighted by Crippen LogP contribution is -2.55. The number of hydrogen-bond acceptors (Lipinski definition) is 7. The molecule has 0 spiro atoms. The lowest BCUT2D eigenvalue weighted by molar-refractivity contribution is -0.140. The van der Waals surface area contributed by atoms with E-state index in [0.717, 1.165) is 37.6 Å². The number of hydrogen-bond donors (Lipinski definition) is 0. The summed E-state index contributed by atoms with van der Waals surface area (Å²) < 4.78 is 10.3. The van der Waals surface area contributed by atoms with Crippen LogP contribution in [0.15, 0.2) is 6.20 Å². The number of halogens is 1. The van der Waals surface area contributed by atoms with Crippen LogP contribution in [-0.2, 0) is 14.3 Å². The van der Waals surface area contributed by atoms with E-state index in [4.69, 9.17) is 16.3 Å². The van der Waals surface area contributed by atoms with Gasteiger partial charge in [-0.05, 0) is 18.0 Å². The molecule has 0 radical (unpaired) electrons. The molecule has 0 N–H and O–H groups in total. The smallest absolute Gasteiger partial charge is 0.305 e. The normalized spacial score (nSPS) is 20.4. The van der Waals surface area contributed by atoms with Crippen LogP contribution in [-0.4, -0.2) is 61.9 Å². The minimum absolute atomic E-state index is 0.188. The Bertz CT molecular complexity index is 557. The third-order valence-corrected chi connectivity index (χ3v) is 4.21. The van der Waals surface area contributed by atoms with Gasteiger partial charge in [-0.3, -0.25) is 4.79 Å². The maximum Gasteiger partial charge on any atom is 0.305 e. The second kappa shape index (κ2) is 6.66. The van der Waals surface area contributed by atoms with Crippen molar-refractivity contribution in [3.8, 4) is 0 Å². The van der Waals surface area contributed by atoms with Gasteiger partial charge in [0.15, 0.2) is 5.82 Å². The van der Waals surface area contributed by atoms with E-state index in [0.29, 0.717) is 19.6 Å². The third-order valence-electron chi connectivity index (χ3n) is 4.03. The Balaban J connectivity index is 1.77. The summed E-state index contributed by atoms with van der Waals surface area (Å²) in [5.74, 6) is 0.671. The van der Waals surface area contributed by atoms with Crippen molar-refractivity contribution in [2.24, 2.45) is 0 Å². The standard InChI is InChI=1S/C14H19ClN4O3/c1-21-12(20)3-2-4-18-8-10-9-22-6-5-19(10)13-11(18)7-16-14(15)17-13/h7,10H,2-6,8-9H2,1H3/t10-/m1/s1. The van der Waals surface area contributed by atoms with Gasteiger partial charge in [0.2, 0.25) is 5.28 Å². The van der Waals surface area contributed by atoms with Crippen LogP contribution < -0.4 is 9.80 Å². The number of morpholine rings is 1. The van der Waals surface area contributed by atoms with Gasteiger partial charge in [0.1, 0.15) is 0 Å². The first-order valence-corrected chi connectivity index (χ1v) is 7.75. The molecular formula is C14H19ClN4O3. The van der Waals surface area contributed by atoms with Gasteiger partial charge in [-0.2, -0.15) is 4.98 Å². The first-order chi connectivity index (χ1) is 10.7. The van der Waals surface area contributed by atoms with Crippen LogP contribution in [0.5, 0.6) is 0 Å². The number of carbonyl (C=O) groups excluding carboxylic acids is 1. The van der Waals surface area contributed by atoms with Gasteiger partial charge in [0.05, 0.1) is 38.2 Å². The zero-order valence-corrected chi connectivity index (χ0v) is 13.3. The lowest BCUT2D eigenvalue weighted by atomic mass is 10.1. The summed E-state index contributed by atoms with van der Waals surface area (Å²) in [6, 6.07) is 0.255. The van der Waals surface area contributed by atoms with Gasteiger partial charge in [-0.15, -0.1) is 0 Å². The number of methoxy groups -OCH3 is 1. The van der Waals surface area contributed by atoms with Crippen LogP contribution in [0.3, 0.4) is 0 Å². The molecule has 8 heteroatoms. The van der Waals surface area contributed by atoms with Gasteiger partial charge in [0, 0.05) is 26.1 Å². The van der Waals surface area contributed by atoms with Crippen LogP contribution >= 0.6 is 11.6 Å². The molecule has 1 saturated heterocycles. The van der Waals surface area contributed by atoms with E-state index in [2.05, 4.69) is 24.5 Å². The third kappa shape index (κ3) is 3.10. The summed E-state index contributed by atoms with van der Waals surface area (Å²) in [7, 11) is 1.41. The second-order valence-corrected chi connectivity index (χ2v) is 5.73. The summed E-state index contributed by atoms with van der Waals surface area (Å²) in [5, 5.41) is 0.250. The molecule has 1 atom stereocenters. The van der Waals surface area contributed by atoms with Crippen LogP contribution in [0.4, 0.5) is 11.5 Å². The van der Waals surface area contributed by atoms with Crippen molar-refractivity contribution in [1.82, 2.24) is 9.97 Å². The highest BCUT2D eigenvalue weighted by Crippen LogP contribution is 2.35. The Kier molecular flexibility index (Phi) is 4.63. The van der Waals surface area contributed by atoms with Gasteiger partial charge in [0.25, 0.3) is 0 Å². The molecule has 2 aliphatic heterocycles. The molecule has 0 amide bonds. The molecular weight excluding hydrogens is 308 g/mol. The first kappa shape index (κ1) is 15.3. The molecule has 7 nitrogen and oxygen atoms in total. The minimum atomic E-state index is -0.188. The molecule has 2 aliphatic rings. The topological polar surface area (TPSA) is 67.8 Å². The fraction of sp³-hybridized carbons (Fsp3) is 0.643. The molecule has 0 saturated carbocycles. The number of aromatic nitrogens is 2. The van der Waals surface area contributed by atoms with E-state index >= 15 is 0 Å². The van der Waals surface area contributed by atoms with Crippen LogP contribution in [0.1, 0.15) is 12.8 Å². The number of carbonyl (C=O) groups is 1. The van der Waals surface area contributed by atoms with E-state index in [-0.39, 0.29) is 17.3 Å². The Morgan fingerprint density at radius 3 is 3.27 bits per heavy atom. The Hall–Kier alpha value is -1.60. The van der Waals surface area contributed by atoms with Crippen molar-refractivity contribution >= 4 is 29.1 Å². The number of rotatable bonds is 4. The maximum atomic E-state index is 11.3. The van der Waals surface area contributed by atoms with E-state index in [1.54, 1.807) is 6.20 Å². The molecule has 0 aliphatic carbocycles. The monoisotopic (exact) mass is 326 g/mol. The quantitative estimate of drug-likeness (QED) is 0.606. The van der Waals surface area contributed by atoms with Crippen molar-refractivity contribution in [3.05, 3.63) is 11.5 Å². The second-order valence-electron chi connectivity index (χ2n) is 5.40. The molecule has 1 aromatic rings. The van der Waals surface area contributed by atoms with Crippen molar-refractivity contribution in [2.75, 3.05) is 49.8 Å². The fourth-order valence-electron chi connectivity index (χ4n) is 2.95. The maximum absolute atomic E-state index is 11.3. The zero-order valence-electron chi connectivity index (χ0n) is 12.5. The summed E-state index contributed by atoms with van der Waals surface area (Å²) >= 11 is 5.96. The van der Waals surface area contributed by atoms with Gasteiger partial charge >= 0.3 is 5.97 Å². The van der Waals surface area contributed by atoms with E-state index in [1.165, 1.54) is 7.11 Å². The Morgan fingerprint density at radius 2 is 2.45 bits per heavy atom. The number of fused-ring (bicyclic) bond motifs is 3. The molecule has 0 aromatic carbocycles. The first-order valence-electron chi connectivity index (χ1n) is 7.37. The molecule has 120 valence electrons. The number of ether oxygens (including phenoxy) is 2. The summed E-state index contributed by atoms with van der Waals surface area (Å²) in [4.78, 5) is 24.2. The summed E-state index contributed by atoms with van der Waals surface area (Å²) in [6.07, 6.45) is 2.89. The minimum Gasteiger partial charge on any atom is -0.469 e. The zero-order chi connectivity index (χ0) is 15.5. The molecule has 3 heterocycles. The van der Waals surface area contributed by atoms with Gasteiger partial charge in [-0.25, -0.2) is 4.98 Å². The molecule has 1 fully saturated rings. The highest BCUT2D eigenvalue weighted by Gasteiger charge is 2.34. The van der Waals surface area contributed by atoms with Gasteiger partial charge in [-0.1, -0.05) is 0 Å². The molecule has 22 heavy (non-hydrogen) atoms. The van der Waals surface area contributed by atoms with Crippen LogP contribution in [0, 0.1) is 0 Å². The van der Waals surface area contributed by atoms with Crippen LogP contribution in [0.2, 0.25) is 5.28 Å². The fourth-order valence-corrected chi connectivity index (χ4v) is 3.07. The summed E-state index contributed by atoms with van der Waals surface area (Å²) in [6.45, 7) is 3.76. The molecule has 3 rings (SSSR count). The molecule has 0 unspecified atom stereocenters. The predicted octanol–water partition coefficient (Wildman–Crippen LogP) is 1.11. The van der Waals surface area contributed by atoms with E-state index in [1.807, 2.05) is 0 Å². The van der Waals surface area contributed by atoms with Gasteiger partial charge < -0.3 is 19.3 Å². The molecule has 0 bridgehead atoms. The highest BCUT2D eigenvalue weighted by atomic mass is 35.5. The van der Waals surface area contributed by atoms with Crippen molar-refractivity contribution < 1.29 is 14.3 Å².